The monoisotopic (exact) mass is 152 g/mol. The fourth-order valence-electron chi connectivity index (χ4n) is 0.321. The fourth-order valence-corrected chi connectivity index (χ4v) is 0.321. The van der Waals surface area contributed by atoms with Gasteiger partial charge in [-0.05, 0) is 12.2 Å². The summed E-state index contributed by atoms with van der Waals surface area (Å²) in [6, 6.07) is 0. The quantitative estimate of drug-likeness (QED) is 0.362. The molecule has 0 bridgehead atoms. The van der Waals surface area contributed by atoms with Crippen molar-refractivity contribution in [3.05, 3.63) is 24.6 Å². The molecule has 0 saturated carbocycles. The second kappa shape index (κ2) is 16.1. The van der Waals surface area contributed by atoms with Gasteiger partial charge in [-0.25, -0.2) is 7.69 Å². The van der Waals surface area contributed by atoms with Gasteiger partial charge in [0.05, 0.1) is 12.4 Å². The van der Waals surface area contributed by atoms with Crippen molar-refractivity contribution in [3.8, 4) is 0 Å². The smallest absolute Gasteiger partial charge is 0.900 e. The summed E-state index contributed by atoms with van der Waals surface area (Å²) in [5.41, 5.74) is 0. The molecular weight excluding hydrogens is 145 g/mol. The molecule has 0 aromatic carbocycles. The predicted octanol–water partition coefficient (Wildman–Crippen LogP) is -3.73. The zero-order chi connectivity index (χ0) is 6.24. The Labute approximate surface area is 76.4 Å². The normalized spacial score (nSPS) is 10.2. The second-order valence-electron chi connectivity index (χ2n) is 1.06. The molecule has 4 nitrogen and oxygen atoms in total. The number of hydrogen-bond donors (Lipinski definition) is 1. The van der Waals surface area contributed by atoms with Crippen LogP contribution in [0.25, 0.3) is 0 Å². The zero-order valence-electron chi connectivity index (χ0n) is 5.43. The largest absolute Gasteiger partial charge is 2.00 e. The molecule has 6 heteroatoms. The molecule has 0 atom stereocenters. The minimum atomic E-state index is -0.500. The Bertz CT molecular complexity index is 88.5. The maximum atomic E-state index is 8.25. The van der Waals surface area contributed by atoms with Gasteiger partial charge in [-0.15, -0.1) is 0 Å². The molecule has 3 N–H and O–H groups in total. The number of allylic oxidation sites excluding steroid dienone is 2. The summed E-state index contributed by atoms with van der Waals surface area (Å²) in [4.78, 5) is 0. The molecule has 10 heavy (non-hydrogen) atoms. The van der Waals surface area contributed by atoms with Gasteiger partial charge in [-0.2, -0.15) is 0 Å². The van der Waals surface area contributed by atoms with Crippen molar-refractivity contribution in [1.82, 2.24) is 0 Å². The zero-order valence-corrected chi connectivity index (χ0v) is 6.85. The van der Waals surface area contributed by atoms with Gasteiger partial charge in [0.1, 0.15) is 0 Å². The molecule has 1 rings (SSSR count). The second-order valence-corrected chi connectivity index (χ2v) is 1.06. The van der Waals surface area contributed by atoms with Gasteiger partial charge >= 0.3 is 23.1 Å². The molecule has 1 aliphatic heterocycles. The SMILES string of the molecule is C1=C[NH2+]C=C1.[Mg+2].[O-][B][O-].[OH-]. The van der Waals surface area contributed by atoms with Crippen LogP contribution in [0.5, 0.6) is 0 Å². The Kier molecular flexibility index (Phi) is 26.7. The van der Waals surface area contributed by atoms with Crippen LogP contribution < -0.4 is 15.4 Å². The van der Waals surface area contributed by atoms with Crippen LogP contribution in [0.1, 0.15) is 0 Å². The molecule has 0 saturated heterocycles. The van der Waals surface area contributed by atoms with Gasteiger partial charge in [-0.1, -0.05) is 0 Å². The summed E-state index contributed by atoms with van der Waals surface area (Å²) >= 11 is 0. The van der Waals surface area contributed by atoms with E-state index in [4.69, 9.17) is 10.0 Å². The van der Waals surface area contributed by atoms with Crippen molar-refractivity contribution < 1.29 is 20.8 Å². The molecule has 1 heterocycles. The Balaban J connectivity index is -0.0000000900. The average molecular weight is 152 g/mol. The first-order valence-electron chi connectivity index (χ1n) is 2.14. The third-order valence-corrected chi connectivity index (χ3v) is 0.556. The van der Waals surface area contributed by atoms with Crippen LogP contribution in [0.4, 0.5) is 0 Å². The minimum Gasteiger partial charge on any atom is -0.900 e. The fraction of sp³-hybridized carbons (Fsp3) is 0. The van der Waals surface area contributed by atoms with E-state index in [1.165, 1.54) is 0 Å². The van der Waals surface area contributed by atoms with E-state index in [0.717, 1.165) is 0 Å². The molecular formula is C4H7BMgNO3. The first kappa shape index (κ1) is 16.6. The van der Waals surface area contributed by atoms with E-state index in [1.807, 2.05) is 29.9 Å². The Hall–Kier alpha value is 0.151. The molecule has 0 aromatic heterocycles. The maximum absolute atomic E-state index is 8.25. The molecule has 1 aliphatic rings. The van der Waals surface area contributed by atoms with Gasteiger partial charge in [0.25, 0.3) is 0 Å². The van der Waals surface area contributed by atoms with E-state index in [9.17, 15) is 0 Å². The number of quaternary nitrogens is 1. The summed E-state index contributed by atoms with van der Waals surface area (Å²) in [7, 11) is -0.500. The summed E-state index contributed by atoms with van der Waals surface area (Å²) < 4.78 is 0. The van der Waals surface area contributed by atoms with Gasteiger partial charge in [0.15, 0.2) is 0 Å². The number of nitrogens with two attached hydrogens (primary N) is 1. The molecule has 0 unspecified atom stereocenters. The maximum Gasteiger partial charge on any atom is 2.00 e. The molecule has 1 radical (unpaired) electrons. The van der Waals surface area contributed by atoms with Crippen LogP contribution in [-0.4, -0.2) is 36.2 Å². The van der Waals surface area contributed by atoms with Crippen LogP contribution in [0.3, 0.4) is 0 Å². The molecule has 0 fully saturated rings. The third-order valence-electron chi connectivity index (χ3n) is 0.556. The molecule has 0 spiro atoms. The first-order chi connectivity index (χ1) is 3.91. The molecule has 0 aliphatic carbocycles. The van der Waals surface area contributed by atoms with Crippen molar-refractivity contribution in [2.45, 2.75) is 0 Å². The molecule has 0 aromatic rings. The van der Waals surface area contributed by atoms with E-state index in [1.54, 1.807) is 0 Å². The Morgan fingerprint density at radius 2 is 1.40 bits per heavy atom. The van der Waals surface area contributed by atoms with Crippen LogP contribution in [0.2, 0.25) is 0 Å². The minimum absolute atomic E-state index is 0. The topological polar surface area (TPSA) is 92.7 Å². The Morgan fingerprint density at radius 3 is 1.50 bits per heavy atom. The van der Waals surface area contributed by atoms with Crippen LogP contribution in [0.15, 0.2) is 24.6 Å². The summed E-state index contributed by atoms with van der Waals surface area (Å²) in [6.07, 6.45) is 8.00. The van der Waals surface area contributed by atoms with Crippen molar-refractivity contribution in [3.63, 3.8) is 0 Å². The van der Waals surface area contributed by atoms with Crippen molar-refractivity contribution >= 4 is 30.7 Å². The molecule has 51 valence electrons. The van der Waals surface area contributed by atoms with Gasteiger partial charge in [0.2, 0.25) is 0 Å². The standard InChI is InChI=1S/C4H5N.BO2.Mg.H2O/c1-2-4-5-3-1;2-1-3;;/h1-5H;;;1H2/q;-2;+2;. The summed E-state index contributed by atoms with van der Waals surface area (Å²) in [5, 5.41) is 18.5. The van der Waals surface area contributed by atoms with Crippen LogP contribution in [-0.2, 0) is 0 Å². The van der Waals surface area contributed by atoms with E-state index in [0.29, 0.717) is 0 Å². The summed E-state index contributed by atoms with van der Waals surface area (Å²) in [5.74, 6) is 0. The van der Waals surface area contributed by atoms with Gasteiger partial charge < -0.3 is 15.5 Å². The predicted molar refractivity (Wildman–Crippen MR) is 33.6 cm³/mol. The third kappa shape index (κ3) is 15.7. The van der Waals surface area contributed by atoms with Gasteiger partial charge in [0, 0.05) is 0 Å². The van der Waals surface area contributed by atoms with Crippen molar-refractivity contribution in [2.75, 3.05) is 0 Å². The van der Waals surface area contributed by atoms with E-state index in [-0.39, 0.29) is 28.5 Å². The first-order valence-corrected chi connectivity index (χ1v) is 2.14. The summed E-state index contributed by atoms with van der Waals surface area (Å²) in [6.45, 7) is 0. The van der Waals surface area contributed by atoms with Crippen molar-refractivity contribution in [1.29, 1.82) is 0 Å². The van der Waals surface area contributed by atoms with Crippen LogP contribution in [0, 0.1) is 0 Å². The van der Waals surface area contributed by atoms with E-state index >= 15 is 0 Å². The molecule has 0 amide bonds. The Morgan fingerprint density at radius 1 is 1.10 bits per heavy atom. The van der Waals surface area contributed by atoms with E-state index < -0.39 is 7.69 Å². The van der Waals surface area contributed by atoms with Crippen LogP contribution >= 0.6 is 0 Å². The van der Waals surface area contributed by atoms with Crippen molar-refractivity contribution in [2.24, 2.45) is 0 Å². The number of hydrogen-bond acceptors (Lipinski definition) is 3. The average Bonchev–Trinajstić information content (AvgIpc) is 2.17. The van der Waals surface area contributed by atoms with Gasteiger partial charge in [-0.3, -0.25) is 5.32 Å². The van der Waals surface area contributed by atoms with E-state index in [2.05, 4.69) is 0 Å². The number of rotatable bonds is 0.